The number of nitrogens with zero attached hydrogens (tertiary/aromatic N) is 2. The Kier molecular flexibility index (Phi) is 5.45. The van der Waals surface area contributed by atoms with Gasteiger partial charge in [-0.05, 0) is 54.8 Å². The van der Waals surface area contributed by atoms with E-state index in [1.54, 1.807) is 0 Å². The highest BCUT2D eigenvalue weighted by molar-refractivity contribution is 5.95. The largest absolute Gasteiger partial charge is 0.385 e. The number of anilines is 1. The summed E-state index contributed by atoms with van der Waals surface area (Å²) in [6.07, 6.45) is 5.93. The molecule has 0 radical (unpaired) electrons. The molecule has 3 aromatic rings. The lowest BCUT2D eigenvalue weighted by Gasteiger charge is -2.31. The van der Waals surface area contributed by atoms with E-state index in [0.29, 0.717) is 12.1 Å². The van der Waals surface area contributed by atoms with E-state index in [9.17, 15) is 10.1 Å². The van der Waals surface area contributed by atoms with E-state index < -0.39 is 5.41 Å². The first-order chi connectivity index (χ1) is 16.4. The van der Waals surface area contributed by atoms with Gasteiger partial charge in [0, 0.05) is 35.3 Å². The molecule has 1 unspecified atom stereocenters. The first kappa shape index (κ1) is 21.9. The fraction of sp³-hybridized carbons (Fsp3) is 0.276. The number of pyridine rings is 1. The molecule has 0 spiro atoms. The van der Waals surface area contributed by atoms with Gasteiger partial charge in [-0.2, -0.15) is 5.26 Å². The van der Waals surface area contributed by atoms with Crippen LogP contribution in [0.1, 0.15) is 42.6 Å². The molecular weight excluding hydrogens is 420 g/mol. The third-order valence-electron chi connectivity index (χ3n) is 7.02. The van der Waals surface area contributed by atoms with Crippen LogP contribution in [0, 0.1) is 16.7 Å². The van der Waals surface area contributed by atoms with Gasteiger partial charge in [0.05, 0.1) is 22.5 Å². The van der Waals surface area contributed by atoms with E-state index >= 15 is 0 Å². The van der Waals surface area contributed by atoms with Gasteiger partial charge in [0.2, 0.25) is 0 Å². The number of carbonyl (C=O) groups excluding carboxylic acids is 1. The Morgan fingerprint density at radius 3 is 2.76 bits per heavy atom. The number of amides is 1. The van der Waals surface area contributed by atoms with Gasteiger partial charge >= 0.3 is 0 Å². The van der Waals surface area contributed by atoms with Crippen LogP contribution in [0.4, 0.5) is 5.69 Å². The molecule has 0 saturated carbocycles. The number of carbonyl (C=O) groups is 1. The summed E-state index contributed by atoms with van der Waals surface area (Å²) < 4.78 is 0. The molecule has 1 aliphatic carbocycles. The van der Waals surface area contributed by atoms with Gasteiger partial charge in [0.15, 0.2) is 0 Å². The van der Waals surface area contributed by atoms with Crippen molar-refractivity contribution in [1.82, 2.24) is 10.3 Å². The number of hydrogen-bond donors (Lipinski definition) is 2. The number of benzene rings is 2. The van der Waals surface area contributed by atoms with Gasteiger partial charge in [0.1, 0.15) is 0 Å². The van der Waals surface area contributed by atoms with Gasteiger partial charge in [-0.15, -0.1) is 0 Å². The SMILES string of the molecule is CC1(CNC(=O)c2ccc3c(c2)[C@](C)(C#N)CCN3)C=c2nc(-c3ccccc3)ccc2=CC1. The van der Waals surface area contributed by atoms with Crippen LogP contribution in [-0.4, -0.2) is 24.0 Å². The Bertz CT molecular complexity index is 1420. The molecule has 2 aliphatic rings. The zero-order chi connectivity index (χ0) is 23.8. The maximum Gasteiger partial charge on any atom is 0.251 e. The molecule has 0 saturated heterocycles. The Morgan fingerprint density at radius 1 is 1.15 bits per heavy atom. The van der Waals surface area contributed by atoms with Gasteiger partial charge < -0.3 is 10.6 Å². The summed E-state index contributed by atoms with van der Waals surface area (Å²) in [5.74, 6) is -0.125. The molecule has 5 nitrogen and oxygen atoms in total. The zero-order valence-corrected chi connectivity index (χ0v) is 19.6. The molecule has 2 aromatic carbocycles. The Balaban J connectivity index is 1.36. The molecule has 1 aliphatic heterocycles. The van der Waals surface area contributed by atoms with Crippen LogP contribution in [0.15, 0.2) is 60.7 Å². The van der Waals surface area contributed by atoms with Crippen molar-refractivity contribution in [2.75, 3.05) is 18.4 Å². The molecular formula is C29H28N4O. The van der Waals surface area contributed by atoms with Crippen molar-refractivity contribution >= 4 is 23.7 Å². The average molecular weight is 449 g/mol. The van der Waals surface area contributed by atoms with Gasteiger partial charge in [-0.3, -0.25) is 4.79 Å². The Hall–Kier alpha value is -3.91. The minimum Gasteiger partial charge on any atom is -0.385 e. The number of hydrogen-bond acceptors (Lipinski definition) is 4. The maximum atomic E-state index is 13.0. The van der Waals surface area contributed by atoms with Crippen LogP contribution in [0.25, 0.3) is 23.4 Å². The smallest absolute Gasteiger partial charge is 0.251 e. The van der Waals surface area contributed by atoms with Crippen LogP contribution in [0.3, 0.4) is 0 Å². The summed E-state index contributed by atoms with van der Waals surface area (Å²) in [4.78, 5) is 17.9. The molecule has 0 bridgehead atoms. The topological polar surface area (TPSA) is 77.8 Å². The first-order valence-electron chi connectivity index (χ1n) is 11.7. The van der Waals surface area contributed by atoms with Crippen molar-refractivity contribution in [3.8, 4) is 17.3 Å². The number of rotatable bonds is 4. The van der Waals surface area contributed by atoms with Crippen molar-refractivity contribution in [3.05, 3.63) is 82.4 Å². The third-order valence-corrected chi connectivity index (χ3v) is 7.02. The van der Waals surface area contributed by atoms with E-state index in [4.69, 9.17) is 4.98 Å². The lowest BCUT2D eigenvalue weighted by atomic mass is 9.77. The normalized spacial score (nSPS) is 22.6. The number of nitriles is 1. The number of nitrogens with one attached hydrogen (secondary N) is 2. The highest BCUT2D eigenvalue weighted by atomic mass is 16.1. The van der Waals surface area contributed by atoms with Crippen molar-refractivity contribution < 1.29 is 4.79 Å². The molecule has 2 N–H and O–H groups in total. The zero-order valence-electron chi connectivity index (χ0n) is 19.6. The average Bonchev–Trinajstić information content (AvgIpc) is 2.87. The molecule has 5 rings (SSSR count). The van der Waals surface area contributed by atoms with Gasteiger partial charge in [-0.1, -0.05) is 55.5 Å². The quantitative estimate of drug-likeness (QED) is 0.637. The fourth-order valence-electron chi connectivity index (χ4n) is 4.78. The minimum absolute atomic E-state index is 0.125. The van der Waals surface area contributed by atoms with Gasteiger partial charge in [-0.25, -0.2) is 4.98 Å². The van der Waals surface area contributed by atoms with Crippen LogP contribution in [0.5, 0.6) is 0 Å². The summed E-state index contributed by atoms with van der Waals surface area (Å²) >= 11 is 0. The summed E-state index contributed by atoms with van der Waals surface area (Å²) in [5, 5.41) is 18.2. The molecule has 1 aromatic heterocycles. The molecule has 2 heterocycles. The fourth-order valence-corrected chi connectivity index (χ4v) is 4.78. The Morgan fingerprint density at radius 2 is 1.97 bits per heavy atom. The lowest BCUT2D eigenvalue weighted by molar-refractivity contribution is 0.0943. The highest BCUT2D eigenvalue weighted by Gasteiger charge is 2.33. The molecule has 0 fully saturated rings. The second-order valence-electron chi connectivity index (χ2n) is 9.81. The monoisotopic (exact) mass is 448 g/mol. The van der Waals surface area contributed by atoms with Crippen molar-refractivity contribution in [2.45, 2.75) is 32.1 Å². The third kappa shape index (κ3) is 4.08. The molecule has 34 heavy (non-hydrogen) atoms. The molecule has 170 valence electrons. The Labute approximate surface area is 199 Å². The number of aromatic nitrogens is 1. The van der Waals surface area contributed by atoms with Crippen molar-refractivity contribution in [3.63, 3.8) is 0 Å². The van der Waals surface area contributed by atoms with Crippen LogP contribution < -0.4 is 21.2 Å². The lowest BCUT2D eigenvalue weighted by Crippen LogP contribution is -2.41. The predicted octanol–water partition coefficient (Wildman–Crippen LogP) is 3.75. The molecule has 5 heteroatoms. The highest BCUT2D eigenvalue weighted by Crippen LogP contribution is 2.37. The van der Waals surface area contributed by atoms with Crippen LogP contribution in [-0.2, 0) is 5.41 Å². The van der Waals surface area contributed by atoms with E-state index in [1.165, 1.54) is 0 Å². The van der Waals surface area contributed by atoms with E-state index in [2.05, 4.69) is 60.0 Å². The summed E-state index contributed by atoms with van der Waals surface area (Å²) in [6, 6.07) is 22.4. The predicted molar refractivity (Wildman–Crippen MR) is 135 cm³/mol. The maximum absolute atomic E-state index is 13.0. The number of fused-ring (bicyclic) bond motifs is 2. The summed E-state index contributed by atoms with van der Waals surface area (Å²) in [6.45, 7) is 5.35. The van der Waals surface area contributed by atoms with E-state index in [1.807, 2.05) is 43.3 Å². The van der Waals surface area contributed by atoms with Crippen molar-refractivity contribution in [1.29, 1.82) is 5.26 Å². The summed E-state index contributed by atoms with van der Waals surface area (Å²) in [5.41, 5.74) is 3.63. The second kappa shape index (κ2) is 8.46. The van der Waals surface area contributed by atoms with Crippen LogP contribution in [0.2, 0.25) is 0 Å². The molecule has 1 amide bonds. The van der Waals surface area contributed by atoms with Crippen LogP contribution >= 0.6 is 0 Å². The standard InChI is InChI=1S/C29H28N4O/c1-28(13-12-21-8-10-24(33-26(21)17-28)20-6-4-3-5-7-20)19-32-27(34)22-9-11-25-23(16-22)29(2,18-30)14-15-31-25/h3-12,16-17,31H,13-15,19H2,1-2H3,(H,32,34)/t28?,29-/m0/s1. The van der Waals surface area contributed by atoms with Gasteiger partial charge in [0.25, 0.3) is 5.91 Å². The second-order valence-corrected chi connectivity index (χ2v) is 9.81. The minimum atomic E-state index is -0.583. The van der Waals surface area contributed by atoms with Crippen molar-refractivity contribution in [2.24, 2.45) is 5.41 Å². The summed E-state index contributed by atoms with van der Waals surface area (Å²) in [7, 11) is 0. The van der Waals surface area contributed by atoms with E-state index in [0.717, 1.165) is 52.5 Å². The molecule has 2 atom stereocenters. The first-order valence-corrected chi connectivity index (χ1v) is 11.7. The van der Waals surface area contributed by atoms with E-state index in [-0.39, 0.29) is 11.3 Å².